The Balaban J connectivity index is 2.29. The lowest BCUT2D eigenvalue weighted by Crippen LogP contribution is -2.01. The Morgan fingerprint density at radius 2 is 1.83 bits per heavy atom. The summed E-state index contributed by atoms with van der Waals surface area (Å²) < 4.78 is 29.2. The van der Waals surface area contributed by atoms with Crippen LogP contribution >= 0.6 is 0 Å². The van der Waals surface area contributed by atoms with Crippen LogP contribution in [-0.4, -0.2) is 27.1 Å². The number of carbonyl (C=O) groups excluding carboxylic acids is 1. The van der Waals surface area contributed by atoms with E-state index in [1.807, 2.05) is 0 Å². The smallest absolute Gasteiger partial charge is 0.189 e. The van der Waals surface area contributed by atoms with E-state index in [0.717, 1.165) is 0 Å². The maximum Gasteiger partial charge on any atom is 0.189 e. The maximum atomic E-state index is 13.9. The molecule has 0 saturated heterocycles. The van der Waals surface area contributed by atoms with Crippen LogP contribution in [0, 0.1) is 5.82 Å². The van der Waals surface area contributed by atoms with E-state index in [9.17, 15) is 9.18 Å². The molecule has 4 nitrogen and oxygen atoms in total. The molecule has 0 N–H and O–H groups in total. The van der Waals surface area contributed by atoms with E-state index in [0.29, 0.717) is 28.4 Å². The minimum Gasteiger partial charge on any atom is -0.497 e. The first-order valence-electron chi connectivity index (χ1n) is 6.87. The molecule has 23 heavy (non-hydrogen) atoms. The number of ether oxygens (including phenoxy) is 3. The molecule has 5 heteroatoms. The molecule has 0 atom stereocenters. The van der Waals surface area contributed by atoms with Crippen molar-refractivity contribution in [3.63, 3.8) is 0 Å². The van der Waals surface area contributed by atoms with Gasteiger partial charge in [-0.15, -0.1) is 0 Å². The summed E-state index contributed by atoms with van der Waals surface area (Å²) in [5.41, 5.74) is 0.637. The van der Waals surface area contributed by atoms with Gasteiger partial charge in [-0.1, -0.05) is 6.07 Å². The normalized spacial score (nSPS) is 10.6. The summed E-state index contributed by atoms with van der Waals surface area (Å²) in [6.07, 6.45) is 2.71. The van der Waals surface area contributed by atoms with Gasteiger partial charge >= 0.3 is 0 Å². The summed E-state index contributed by atoms with van der Waals surface area (Å²) in [6, 6.07) is 9.44. The van der Waals surface area contributed by atoms with Crippen molar-refractivity contribution in [3.05, 3.63) is 59.4 Å². The van der Waals surface area contributed by atoms with Gasteiger partial charge in [-0.05, 0) is 36.4 Å². The Morgan fingerprint density at radius 3 is 2.43 bits per heavy atom. The van der Waals surface area contributed by atoms with E-state index in [1.54, 1.807) is 30.3 Å². The molecule has 0 radical (unpaired) electrons. The summed E-state index contributed by atoms with van der Waals surface area (Å²) in [4.78, 5) is 12.3. The van der Waals surface area contributed by atoms with Crippen molar-refractivity contribution < 1.29 is 23.4 Å². The molecule has 120 valence electrons. The van der Waals surface area contributed by atoms with Crippen molar-refractivity contribution >= 4 is 11.9 Å². The van der Waals surface area contributed by atoms with Crippen molar-refractivity contribution in [1.29, 1.82) is 0 Å². The lowest BCUT2D eigenvalue weighted by Gasteiger charge is -2.10. The summed E-state index contributed by atoms with van der Waals surface area (Å²) in [6.45, 7) is 0. The molecule has 0 fully saturated rings. The Kier molecular flexibility index (Phi) is 5.36. The van der Waals surface area contributed by atoms with Gasteiger partial charge in [0.1, 0.15) is 11.6 Å². The van der Waals surface area contributed by atoms with E-state index < -0.39 is 5.82 Å². The number of halogens is 1. The van der Waals surface area contributed by atoms with E-state index in [4.69, 9.17) is 14.2 Å². The molecule has 2 aromatic carbocycles. The van der Waals surface area contributed by atoms with Gasteiger partial charge < -0.3 is 14.2 Å². The van der Waals surface area contributed by atoms with E-state index >= 15 is 0 Å². The number of para-hydroxylation sites is 1. The molecule has 0 saturated carbocycles. The van der Waals surface area contributed by atoms with Gasteiger partial charge in [-0.25, -0.2) is 4.39 Å². The van der Waals surface area contributed by atoms with Gasteiger partial charge in [0.2, 0.25) is 0 Å². The Labute approximate surface area is 134 Å². The predicted molar refractivity (Wildman–Crippen MR) is 85.9 cm³/mol. The summed E-state index contributed by atoms with van der Waals surface area (Å²) in [7, 11) is 4.42. The highest BCUT2D eigenvalue weighted by molar-refractivity contribution is 6.09. The van der Waals surface area contributed by atoms with Gasteiger partial charge in [0.15, 0.2) is 17.3 Å². The van der Waals surface area contributed by atoms with Crippen LogP contribution in [0.5, 0.6) is 17.2 Å². The Bertz CT molecular complexity index is 738. The van der Waals surface area contributed by atoms with Crippen LogP contribution in [0.1, 0.15) is 15.9 Å². The number of carbonyl (C=O) groups is 1. The average molecular weight is 316 g/mol. The highest BCUT2D eigenvalue weighted by Crippen LogP contribution is 2.31. The second kappa shape index (κ2) is 7.45. The number of ketones is 1. The highest BCUT2D eigenvalue weighted by atomic mass is 19.1. The largest absolute Gasteiger partial charge is 0.497 e. The molecule has 0 aliphatic carbocycles. The van der Waals surface area contributed by atoms with Crippen LogP contribution in [0.3, 0.4) is 0 Å². The van der Waals surface area contributed by atoms with E-state index in [-0.39, 0.29) is 5.78 Å². The molecule has 0 amide bonds. The molecular formula is C18H17FO4. The molecule has 0 aliphatic heterocycles. The third kappa shape index (κ3) is 3.69. The zero-order chi connectivity index (χ0) is 16.8. The van der Waals surface area contributed by atoms with E-state index in [1.165, 1.54) is 39.5 Å². The van der Waals surface area contributed by atoms with Crippen LogP contribution in [0.4, 0.5) is 4.39 Å². The van der Waals surface area contributed by atoms with Crippen molar-refractivity contribution in [2.24, 2.45) is 0 Å². The average Bonchev–Trinajstić information content (AvgIpc) is 2.59. The number of benzene rings is 2. The summed E-state index contributed by atoms with van der Waals surface area (Å²) in [5.74, 6) is 0.449. The third-order valence-corrected chi connectivity index (χ3v) is 3.29. The molecule has 0 unspecified atom stereocenters. The van der Waals surface area contributed by atoms with Gasteiger partial charge in [0.25, 0.3) is 0 Å². The topological polar surface area (TPSA) is 44.8 Å². The zero-order valence-corrected chi connectivity index (χ0v) is 13.1. The van der Waals surface area contributed by atoms with Gasteiger partial charge in [0.05, 0.1) is 26.9 Å². The fourth-order valence-electron chi connectivity index (χ4n) is 2.11. The number of hydrogen-bond donors (Lipinski definition) is 0. The lowest BCUT2D eigenvalue weighted by molar-refractivity contribution is 0.104. The molecule has 0 aromatic heterocycles. The fourth-order valence-corrected chi connectivity index (χ4v) is 2.11. The van der Waals surface area contributed by atoms with Crippen molar-refractivity contribution in [2.45, 2.75) is 0 Å². The minimum atomic E-state index is -0.467. The molecule has 0 heterocycles. The number of allylic oxidation sites excluding steroid dienone is 1. The van der Waals surface area contributed by atoms with Crippen molar-refractivity contribution in [2.75, 3.05) is 21.3 Å². The summed E-state index contributed by atoms with van der Waals surface area (Å²) >= 11 is 0. The molecule has 0 aliphatic rings. The second-order valence-electron chi connectivity index (χ2n) is 4.63. The fraction of sp³-hybridized carbons (Fsp3) is 0.167. The van der Waals surface area contributed by atoms with Gasteiger partial charge in [-0.3, -0.25) is 4.79 Å². The Morgan fingerprint density at radius 1 is 1.04 bits per heavy atom. The predicted octanol–water partition coefficient (Wildman–Crippen LogP) is 3.75. The Hall–Kier alpha value is -2.82. The van der Waals surface area contributed by atoms with Crippen molar-refractivity contribution in [1.82, 2.24) is 0 Å². The van der Waals surface area contributed by atoms with Crippen LogP contribution in [0.25, 0.3) is 6.08 Å². The lowest BCUT2D eigenvalue weighted by atomic mass is 10.1. The molecule has 0 spiro atoms. The standard InChI is InChI=1S/C18H17FO4/c1-21-13-9-7-12(15(19)11-13)8-10-16(20)14-5-4-6-17(22-2)18(14)23-3/h4-11H,1-3H3/b10-8+. The quantitative estimate of drug-likeness (QED) is 0.601. The monoisotopic (exact) mass is 316 g/mol. The van der Waals surface area contributed by atoms with Crippen LogP contribution in [0.2, 0.25) is 0 Å². The first kappa shape index (κ1) is 16.5. The van der Waals surface area contributed by atoms with Crippen LogP contribution < -0.4 is 14.2 Å². The number of methoxy groups -OCH3 is 3. The second-order valence-corrected chi connectivity index (χ2v) is 4.63. The third-order valence-electron chi connectivity index (χ3n) is 3.29. The minimum absolute atomic E-state index is 0.293. The molecule has 0 bridgehead atoms. The summed E-state index contributed by atoms with van der Waals surface area (Å²) in [5, 5.41) is 0. The molecular weight excluding hydrogens is 299 g/mol. The SMILES string of the molecule is COc1ccc(/C=C/C(=O)c2cccc(OC)c2OC)c(F)c1. The van der Waals surface area contributed by atoms with Crippen molar-refractivity contribution in [3.8, 4) is 17.2 Å². The zero-order valence-electron chi connectivity index (χ0n) is 13.1. The maximum absolute atomic E-state index is 13.9. The number of hydrogen-bond acceptors (Lipinski definition) is 4. The molecule has 2 aromatic rings. The van der Waals surface area contributed by atoms with Gasteiger partial charge in [-0.2, -0.15) is 0 Å². The molecule has 2 rings (SSSR count). The van der Waals surface area contributed by atoms with Crippen LogP contribution in [0.15, 0.2) is 42.5 Å². The highest BCUT2D eigenvalue weighted by Gasteiger charge is 2.14. The van der Waals surface area contributed by atoms with E-state index in [2.05, 4.69) is 0 Å². The first-order chi connectivity index (χ1) is 11.1. The number of rotatable bonds is 6. The van der Waals surface area contributed by atoms with Gasteiger partial charge in [0, 0.05) is 11.6 Å². The van der Waals surface area contributed by atoms with Crippen LogP contribution in [-0.2, 0) is 0 Å². The first-order valence-corrected chi connectivity index (χ1v) is 6.87.